The lowest BCUT2D eigenvalue weighted by molar-refractivity contribution is 0.170. The fraction of sp³-hybridized carbons (Fsp3) is 0.214. The minimum Gasteiger partial charge on any atom is -0.409 e. The predicted molar refractivity (Wildman–Crippen MR) is 136 cm³/mol. The van der Waals surface area contributed by atoms with Crippen LogP contribution in [0.3, 0.4) is 0 Å². The molecule has 174 valence electrons. The second-order valence-electron chi connectivity index (χ2n) is 8.76. The van der Waals surface area contributed by atoms with Crippen LogP contribution in [0, 0.1) is 13.8 Å². The smallest absolute Gasteiger partial charge is 0.409 e. The highest BCUT2D eigenvalue weighted by Gasteiger charge is 2.25. The zero-order valence-electron chi connectivity index (χ0n) is 20.3. The molecular formula is C28H28N2O4. The van der Waals surface area contributed by atoms with Crippen LogP contribution < -0.4 is 9.47 Å². The Morgan fingerprint density at radius 2 is 0.971 bits per heavy atom. The Morgan fingerprint density at radius 1 is 0.618 bits per heavy atom. The second kappa shape index (κ2) is 9.06. The highest BCUT2D eigenvalue weighted by atomic mass is 16.6. The third-order valence-corrected chi connectivity index (χ3v) is 5.73. The SMILES string of the molecule is Cc1cc2ccccc2c(-c2c(OC(=O)N(C)C)c(C)cc3ccccc23)c1OC(=O)N(C)C. The first kappa shape index (κ1) is 23.1. The minimum atomic E-state index is -0.483. The standard InChI is InChI=1S/C28H28N2O4/c1-17-15-19-11-7-9-13-21(19)23(25(17)33-27(31)29(3)4)24-22-14-10-8-12-20(22)16-18(2)26(24)34-28(32)30(5)6/h7-16H,1-6H3. The maximum atomic E-state index is 12.7. The molecule has 0 aliphatic heterocycles. The summed E-state index contributed by atoms with van der Waals surface area (Å²) >= 11 is 0. The molecule has 0 bridgehead atoms. The van der Waals surface area contributed by atoms with Gasteiger partial charge in [0.15, 0.2) is 0 Å². The number of carbonyl (C=O) groups excluding carboxylic acids is 2. The van der Waals surface area contributed by atoms with Crippen LogP contribution in [0.5, 0.6) is 11.5 Å². The van der Waals surface area contributed by atoms with Crippen LogP contribution in [0.4, 0.5) is 9.59 Å². The summed E-state index contributed by atoms with van der Waals surface area (Å²) in [5.74, 6) is 0.880. The molecule has 34 heavy (non-hydrogen) atoms. The molecule has 0 N–H and O–H groups in total. The molecule has 4 aromatic rings. The molecule has 0 aromatic heterocycles. The molecule has 4 aromatic carbocycles. The van der Waals surface area contributed by atoms with E-state index in [9.17, 15) is 9.59 Å². The Kier molecular flexibility index (Phi) is 6.16. The number of benzene rings is 4. The van der Waals surface area contributed by atoms with Crippen LogP contribution in [-0.2, 0) is 0 Å². The molecule has 0 atom stereocenters. The molecule has 0 aliphatic carbocycles. The molecule has 0 unspecified atom stereocenters. The summed E-state index contributed by atoms with van der Waals surface area (Å²) < 4.78 is 11.9. The van der Waals surface area contributed by atoms with Gasteiger partial charge in [0.2, 0.25) is 0 Å². The molecule has 4 rings (SSSR count). The summed E-state index contributed by atoms with van der Waals surface area (Å²) in [6.07, 6.45) is -0.966. The molecular weight excluding hydrogens is 428 g/mol. The first-order valence-electron chi connectivity index (χ1n) is 11.0. The van der Waals surface area contributed by atoms with E-state index in [0.29, 0.717) is 22.6 Å². The van der Waals surface area contributed by atoms with E-state index < -0.39 is 12.2 Å². The topological polar surface area (TPSA) is 59.1 Å². The van der Waals surface area contributed by atoms with Gasteiger partial charge in [0.1, 0.15) is 11.5 Å². The van der Waals surface area contributed by atoms with Crippen molar-refractivity contribution in [1.82, 2.24) is 9.80 Å². The van der Waals surface area contributed by atoms with Gasteiger partial charge in [0.05, 0.1) is 0 Å². The summed E-state index contributed by atoms with van der Waals surface area (Å²) in [5, 5.41) is 3.78. The van der Waals surface area contributed by atoms with E-state index in [1.54, 1.807) is 28.2 Å². The van der Waals surface area contributed by atoms with Crippen molar-refractivity contribution in [3.8, 4) is 22.6 Å². The van der Waals surface area contributed by atoms with Crippen molar-refractivity contribution in [2.24, 2.45) is 0 Å². The van der Waals surface area contributed by atoms with Crippen LogP contribution in [-0.4, -0.2) is 50.2 Å². The quantitative estimate of drug-likeness (QED) is 0.358. The number of ether oxygens (including phenoxy) is 2. The zero-order chi connectivity index (χ0) is 24.6. The largest absolute Gasteiger partial charge is 0.414 e. The van der Waals surface area contributed by atoms with E-state index in [1.165, 1.54) is 9.80 Å². The van der Waals surface area contributed by atoms with Crippen molar-refractivity contribution in [2.45, 2.75) is 13.8 Å². The number of aryl methyl sites for hydroxylation is 2. The van der Waals surface area contributed by atoms with E-state index >= 15 is 0 Å². The van der Waals surface area contributed by atoms with Crippen molar-refractivity contribution in [2.75, 3.05) is 28.2 Å². The summed E-state index contributed by atoms with van der Waals surface area (Å²) in [5.41, 5.74) is 3.04. The average Bonchev–Trinajstić information content (AvgIpc) is 2.80. The van der Waals surface area contributed by atoms with Crippen LogP contribution in [0.2, 0.25) is 0 Å². The predicted octanol–water partition coefficient (Wildman–Crippen LogP) is 6.40. The molecule has 0 heterocycles. The summed E-state index contributed by atoms with van der Waals surface area (Å²) in [6, 6.07) is 19.9. The van der Waals surface area contributed by atoms with Crippen LogP contribution >= 0.6 is 0 Å². The number of nitrogens with zero attached hydrogens (tertiary/aromatic N) is 2. The lowest BCUT2D eigenvalue weighted by atomic mass is 9.89. The molecule has 2 amide bonds. The van der Waals surface area contributed by atoms with Crippen LogP contribution in [0.1, 0.15) is 11.1 Å². The summed E-state index contributed by atoms with van der Waals surface area (Å²) in [7, 11) is 6.57. The first-order chi connectivity index (χ1) is 16.2. The van der Waals surface area contributed by atoms with E-state index in [1.807, 2.05) is 74.5 Å². The molecule has 0 saturated carbocycles. The van der Waals surface area contributed by atoms with Crippen molar-refractivity contribution in [1.29, 1.82) is 0 Å². The van der Waals surface area contributed by atoms with Gasteiger partial charge in [-0.1, -0.05) is 48.5 Å². The van der Waals surface area contributed by atoms with Gasteiger partial charge in [-0.25, -0.2) is 9.59 Å². The number of amides is 2. The van der Waals surface area contributed by atoms with Gasteiger partial charge in [0, 0.05) is 39.3 Å². The Bertz CT molecular complexity index is 1310. The number of hydrogen-bond acceptors (Lipinski definition) is 4. The summed E-state index contributed by atoms with van der Waals surface area (Å²) in [4.78, 5) is 28.1. The molecule has 6 heteroatoms. The lowest BCUT2D eigenvalue weighted by Gasteiger charge is -2.23. The fourth-order valence-corrected chi connectivity index (χ4v) is 4.05. The van der Waals surface area contributed by atoms with E-state index in [4.69, 9.17) is 9.47 Å². The average molecular weight is 457 g/mol. The van der Waals surface area contributed by atoms with Crippen molar-refractivity contribution < 1.29 is 19.1 Å². The van der Waals surface area contributed by atoms with Crippen LogP contribution in [0.15, 0.2) is 60.7 Å². The molecule has 6 nitrogen and oxygen atoms in total. The number of hydrogen-bond donors (Lipinski definition) is 0. The lowest BCUT2D eigenvalue weighted by Crippen LogP contribution is -2.26. The molecule has 0 fully saturated rings. The fourth-order valence-electron chi connectivity index (χ4n) is 4.05. The highest BCUT2D eigenvalue weighted by Crippen LogP contribution is 2.48. The summed E-state index contributed by atoms with van der Waals surface area (Å²) in [6.45, 7) is 3.83. The maximum Gasteiger partial charge on any atom is 0.414 e. The Labute approximate surface area is 199 Å². The van der Waals surface area contributed by atoms with Gasteiger partial charge in [-0.05, 0) is 58.7 Å². The molecule has 0 spiro atoms. The van der Waals surface area contributed by atoms with Crippen molar-refractivity contribution >= 4 is 33.7 Å². The second-order valence-corrected chi connectivity index (χ2v) is 8.76. The van der Waals surface area contributed by atoms with Crippen molar-refractivity contribution in [3.05, 3.63) is 71.8 Å². The van der Waals surface area contributed by atoms with Gasteiger partial charge < -0.3 is 19.3 Å². The van der Waals surface area contributed by atoms with E-state index in [-0.39, 0.29) is 0 Å². The number of carbonyl (C=O) groups is 2. The maximum absolute atomic E-state index is 12.7. The number of rotatable bonds is 3. The third-order valence-electron chi connectivity index (χ3n) is 5.73. The van der Waals surface area contributed by atoms with Gasteiger partial charge in [-0.2, -0.15) is 0 Å². The Hall–Kier alpha value is -4.06. The first-order valence-corrected chi connectivity index (χ1v) is 11.0. The minimum absolute atomic E-state index is 0.440. The van der Waals surface area contributed by atoms with Gasteiger partial charge in [0.25, 0.3) is 0 Å². The van der Waals surface area contributed by atoms with Gasteiger partial charge in [-0.15, -0.1) is 0 Å². The van der Waals surface area contributed by atoms with Gasteiger partial charge >= 0.3 is 12.2 Å². The normalized spacial score (nSPS) is 10.9. The third kappa shape index (κ3) is 4.15. The van der Waals surface area contributed by atoms with Crippen LogP contribution in [0.25, 0.3) is 32.7 Å². The monoisotopic (exact) mass is 456 g/mol. The number of fused-ring (bicyclic) bond motifs is 2. The Morgan fingerprint density at radius 3 is 1.32 bits per heavy atom. The zero-order valence-corrected chi connectivity index (χ0v) is 20.3. The molecule has 0 saturated heterocycles. The van der Waals surface area contributed by atoms with Gasteiger partial charge in [-0.3, -0.25) is 0 Å². The van der Waals surface area contributed by atoms with E-state index in [2.05, 4.69) is 0 Å². The highest BCUT2D eigenvalue weighted by molar-refractivity contribution is 6.11. The Balaban J connectivity index is 2.17. The van der Waals surface area contributed by atoms with Crippen molar-refractivity contribution in [3.63, 3.8) is 0 Å². The molecule has 0 aliphatic rings. The molecule has 0 radical (unpaired) electrons. The van der Waals surface area contributed by atoms with E-state index in [0.717, 1.165) is 32.7 Å².